The monoisotopic (exact) mass is 570 g/mol. The molecule has 2 atom stereocenters. The predicted octanol–water partition coefficient (Wildman–Crippen LogP) is 5.11. The first-order valence-electron chi connectivity index (χ1n) is 13.4. The van der Waals surface area contributed by atoms with Gasteiger partial charge in [-0.1, -0.05) is 18.2 Å². The highest BCUT2D eigenvalue weighted by atomic mass is 19.4. The van der Waals surface area contributed by atoms with E-state index < -0.39 is 23.6 Å². The average molecular weight is 571 g/mol. The minimum Gasteiger partial charge on any atom is -0.475 e. The number of nitrogens with one attached hydrogen (secondary N) is 1. The zero-order valence-corrected chi connectivity index (χ0v) is 22.5. The van der Waals surface area contributed by atoms with Gasteiger partial charge in [0.2, 0.25) is 5.88 Å². The lowest BCUT2D eigenvalue weighted by Gasteiger charge is -2.45. The molecule has 2 aromatic heterocycles. The van der Waals surface area contributed by atoms with Gasteiger partial charge in [-0.25, -0.2) is 14.8 Å². The third-order valence-corrected chi connectivity index (χ3v) is 7.19. The highest BCUT2D eigenvalue weighted by Crippen LogP contribution is 2.39. The predicted molar refractivity (Wildman–Crippen MR) is 144 cm³/mol. The van der Waals surface area contributed by atoms with Gasteiger partial charge in [-0.3, -0.25) is 10.2 Å². The van der Waals surface area contributed by atoms with Crippen molar-refractivity contribution in [2.75, 3.05) is 41.4 Å². The first-order chi connectivity index (χ1) is 19.6. The Hall–Kier alpha value is -3.97. The molecule has 10 nitrogen and oxygen atoms in total. The standard InChI is InChI=1S/C28H29F3N6O4/c1-27(2)40-16-20(41-27)15-39-23-10-4-9-22(33-23)34-26(38)37-19-8-5-11-36(14-19)21-13-32-24(35-25(21)37)17-6-3-7-18(12-17)28(29,30)31/h3-4,6-7,9-10,12-13,19-20H,5,8,11,14-16H2,1-2H3,(H,33,34,38)/t19-,20?/m0/s1. The molecule has 216 valence electrons. The number of benzene rings is 1. The van der Waals surface area contributed by atoms with Crippen LogP contribution in [0.15, 0.2) is 48.7 Å². The van der Waals surface area contributed by atoms with E-state index in [2.05, 4.69) is 25.2 Å². The number of nitrogens with zero attached hydrogens (tertiary/aromatic N) is 5. The van der Waals surface area contributed by atoms with E-state index in [9.17, 15) is 18.0 Å². The highest BCUT2D eigenvalue weighted by Gasteiger charge is 2.39. The fourth-order valence-electron chi connectivity index (χ4n) is 5.32. The molecule has 5 heterocycles. The largest absolute Gasteiger partial charge is 0.475 e. The number of halogens is 3. The van der Waals surface area contributed by atoms with Crippen molar-refractivity contribution in [2.24, 2.45) is 0 Å². The molecule has 2 amide bonds. The number of amides is 2. The Balaban J connectivity index is 1.24. The number of piperidine rings is 1. The molecule has 1 unspecified atom stereocenters. The lowest BCUT2D eigenvalue weighted by atomic mass is 10.0. The smallest absolute Gasteiger partial charge is 0.416 e. The molecule has 1 N–H and O–H groups in total. The average Bonchev–Trinajstić information content (AvgIpc) is 3.30. The number of anilines is 3. The van der Waals surface area contributed by atoms with Crippen LogP contribution in [-0.4, -0.2) is 65.2 Å². The molecule has 3 aromatic rings. The minimum atomic E-state index is -4.50. The molecule has 1 aromatic carbocycles. The number of rotatable bonds is 5. The van der Waals surface area contributed by atoms with Crippen LogP contribution in [0.3, 0.4) is 0 Å². The first-order valence-corrected chi connectivity index (χ1v) is 13.4. The number of alkyl halides is 3. The summed E-state index contributed by atoms with van der Waals surface area (Å²) in [6.07, 6.45) is -1.55. The van der Waals surface area contributed by atoms with E-state index in [0.29, 0.717) is 30.5 Å². The number of aromatic nitrogens is 3. The molecular formula is C28H29F3N6O4. The second-order valence-electron chi connectivity index (χ2n) is 10.6. The number of carbonyl (C=O) groups is 1. The third-order valence-electron chi connectivity index (χ3n) is 7.19. The van der Waals surface area contributed by atoms with E-state index in [-0.39, 0.29) is 36.0 Å². The van der Waals surface area contributed by atoms with E-state index in [1.807, 2.05) is 13.8 Å². The lowest BCUT2D eigenvalue weighted by molar-refractivity contribution is -0.141. The molecule has 6 rings (SSSR count). The van der Waals surface area contributed by atoms with Crippen LogP contribution in [0.25, 0.3) is 11.4 Å². The first kappa shape index (κ1) is 27.2. The van der Waals surface area contributed by atoms with E-state index in [0.717, 1.165) is 31.5 Å². The van der Waals surface area contributed by atoms with Gasteiger partial charge in [-0.15, -0.1) is 0 Å². The summed E-state index contributed by atoms with van der Waals surface area (Å²) in [5.74, 6) is 0.371. The molecule has 2 bridgehead atoms. The van der Waals surface area contributed by atoms with E-state index in [1.165, 1.54) is 12.1 Å². The maximum absolute atomic E-state index is 13.7. The van der Waals surface area contributed by atoms with Crippen LogP contribution < -0.4 is 19.9 Å². The van der Waals surface area contributed by atoms with Gasteiger partial charge in [0.25, 0.3) is 0 Å². The summed E-state index contributed by atoms with van der Waals surface area (Å²) in [6.45, 7) is 5.68. The van der Waals surface area contributed by atoms with Crippen LogP contribution in [0, 0.1) is 0 Å². The molecule has 0 spiro atoms. The Bertz CT molecular complexity index is 1450. The molecule has 0 aliphatic carbocycles. The van der Waals surface area contributed by atoms with Crippen LogP contribution in [-0.2, 0) is 15.7 Å². The topological polar surface area (TPSA) is 102 Å². The third kappa shape index (κ3) is 5.77. The molecule has 13 heteroatoms. The summed E-state index contributed by atoms with van der Waals surface area (Å²) in [5, 5.41) is 2.84. The van der Waals surface area contributed by atoms with Crippen molar-refractivity contribution in [1.29, 1.82) is 0 Å². The Morgan fingerprint density at radius 2 is 2.02 bits per heavy atom. The number of fused-ring (bicyclic) bond motifs is 4. The summed E-state index contributed by atoms with van der Waals surface area (Å²) < 4.78 is 57.1. The van der Waals surface area contributed by atoms with Crippen LogP contribution in [0.1, 0.15) is 32.3 Å². The van der Waals surface area contributed by atoms with Gasteiger partial charge in [-0.2, -0.15) is 18.2 Å². The summed E-state index contributed by atoms with van der Waals surface area (Å²) >= 11 is 0. The van der Waals surface area contributed by atoms with Crippen molar-refractivity contribution in [2.45, 2.75) is 50.8 Å². The Kier molecular flexibility index (Phi) is 6.94. The Labute approximate surface area is 234 Å². The molecule has 2 fully saturated rings. The van der Waals surface area contributed by atoms with Crippen LogP contribution in [0.2, 0.25) is 0 Å². The maximum atomic E-state index is 13.7. The van der Waals surface area contributed by atoms with Gasteiger partial charge in [0.1, 0.15) is 18.5 Å². The van der Waals surface area contributed by atoms with Crippen molar-refractivity contribution < 1.29 is 32.2 Å². The number of urea groups is 1. The highest BCUT2D eigenvalue weighted by molar-refractivity contribution is 6.04. The molecule has 3 aliphatic heterocycles. The number of carbonyl (C=O) groups excluding carboxylic acids is 1. The van der Waals surface area contributed by atoms with Crippen molar-refractivity contribution in [3.8, 4) is 17.3 Å². The van der Waals surface area contributed by atoms with Crippen LogP contribution >= 0.6 is 0 Å². The second-order valence-corrected chi connectivity index (χ2v) is 10.6. The fraction of sp³-hybridized carbons (Fsp3) is 0.429. The van der Waals surface area contributed by atoms with E-state index >= 15 is 0 Å². The summed E-state index contributed by atoms with van der Waals surface area (Å²) in [6, 6.07) is 9.26. The Morgan fingerprint density at radius 3 is 2.80 bits per heavy atom. The second kappa shape index (κ2) is 10.5. The minimum absolute atomic E-state index is 0.101. The molecule has 0 saturated carbocycles. The van der Waals surface area contributed by atoms with Gasteiger partial charge in [0.15, 0.2) is 17.4 Å². The number of pyridine rings is 1. The van der Waals surface area contributed by atoms with Gasteiger partial charge < -0.3 is 19.1 Å². The van der Waals surface area contributed by atoms with Gasteiger partial charge >= 0.3 is 12.2 Å². The van der Waals surface area contributed by atoms with Gasteiger partial charge in [-0.05, 0) is 44.9 Å². The molecule has 2 saturated heterocycles. The fourth-order valence-corrected chi connectivity index (χ4v) is 5.32. The summed E-state index contributed by atoms with van der Waals surface area (Å²) in [7, 11) is 0. The van der Waals surface area contributed by atoms with Crippen LogP contribution in [0.4, 0.5) is 35.3 Å². The van der Waals surface area contributed by atoms with Crippen molar-refractivity contribution in [1.82, 2.24) is 15.0 Å². The Morgan fingerprint density at radius 1 is 1.20 bits per heavy atom. The number of ether oxygens (including phenoxy) is 3. The quantitative estimate of drug-likeness (QED) is 0.452. The van der Waals surface area contributed by atoms with Crippen LogP contribution in [0.5, 0.6) is 5.88 Å². The summed E-state index contributed by atoms with van der Waals surface area (Å²) in [5.41, 5.74) is 0.0642. The molecule has 41 heavy (non-hydrogen) atoms. The van der Waals surface area contributed by atoms with Crippen molar-refractivity contribution in [3.63, 3.8) is 0 Å². The maximum Gasteiger partial charge on any atom is 0.416 e. The number of hydrogen-bond donors (Lipinski definition) is 1. The zero-order chi connectivity index (χ0) is 28.8. The molecule has 3 aliphatic rings. The van der Waals surface area contributed by atoms with E-state index in [4.69, 9.17) is 14.2 Å². The summed E-state index contributed by atoms with van der Waals surface area (Å²) in [4.78, 5) is 30.7. The SMILES string of the molecule is CC1(C)OCC(COc2cccc(NC(=O)N3c4nc(-c5cccc(C(F)(F)F)c5)ncc4N4CCC[C@H]3C4)n2)O1. The van der Waals surface area contributed by atoms with Gasteiger partial charge in [0, 0.05) is 24.7 Å². The number of hydrogen-bond acceptors (Lipinski definition) is 8. The van der Waals surface area contributed by atoms with Gasteiger partial charge in [0.05, 0.1) is 30.1 Å². The zero-order valence-electron chi connectivity index (χ0n) is 22.5. The van der Waals surface area contributed by atoms with Crippen molar-refractivity contribution >= 4 is 23.4 Å². The van der Waals surface area contributed by atoms with Crippen molar-refractivity contribution in [3.05, 3.63) is 54.2 Å². The molecule has 0 radical (unpaired) electrons. The van der Waals surface area contributed by atoms with E-state index in [1.54, 1.807) is 29.3 Å². The lowest BCUT2D eigenvalue weighted by Crippen LogP contribution is -2.56. The normalized spacial score (nSPS) is 21.4. The molecular weight excluding hydrogens is 541 g/mol.